The second-order valence-corrected chi connectivity index (χ2v) is 7.75. The fourth-order valence-electron chi connectivity index (χ4n) is 2.08. The van der Waals surface area contributed by atoms with Crippen molar-refractivity contribution in [2.24, 2.45) is 0 Å². The fourth-order valence-corrected chi connectivity index (χ4v) is 4.04. The highest BCUT2D eigenvalue weighted by atomic mass is 32.2. The van der Waals surface area contributed by atoms with Crippen molar-refractivity contribution < 1.29 is 23.1 Å². The highest BCUT2D eigenvalue weighted by molar-refractivity contribution is 7.93. The number of thiazole rings is 1. The molecule has 0 spiro atoms. The minimum atomic E-state index is -3.82. The highest BCUT2D eigenvalue weighted by Crippen LogP contribution is 2.24. The lowest BCUT2D eigenvalue weighted by Crippen LogP contribution is -2.12. The number of carbonyl (C=O) groups is 1. The van der Waals surface area contributed by atoms with E-state index in [-0.39, 0.29) is 16.4 Å². The number of carboxylic acid groups (broad SMARTS) is 1. The lowest BCUT2D eigenvalue weighted by atomic mass is 10.3. The minimum Gasteiger partial charge on any atom is -0.481 e. The molecule has 2 N–H and O–H groups in total. The van der Waals surface area contributed by atoms with E-state index >= 15 is 0 Å². The Labute approximate surface area is 154 Å². The van der Waals surface area contributed by atoms with Crippen molar-refractivity contribution in [1.29, 1.82) is 0 Å². The van der Waals surface area contributed by atoms with Crippen molar-refractivity contribution in [1.82, 2.24) is 4.98 Å². The average Bonchev–Trinajstić information content (AvgIpc) is 3.01. The topological polar surface area (TPSA) is 106 Å². The van der Waals surface area contributed by atoms with Crippen LogP contribution in [0.5, 0.6) is 11.5 Å². The van der Waals surface area contributed by atoms with Crippen LogP contribution in [0.4, 0.5) is 5.13 Å². The van der Waals surface area contributed by atoms with Crippen molar-refractivity contribution in [3.63, 3.8) is 0 Å². The molecule has 0 saturated heterocycles. The molecule has 0 aliphatic carbocycles. The first kappa shape index (κ1) is 17.9. The van der Waals surface area contributed by atoms with E-state index < -0.39 is 16.0 Å². The fraction of sp³-hybridized carbons (Fsp3) is 0.0588. The number of aromatic nitrogens is 1. The van der Waals surface area contributed by atoms with E-state index in [0.29, 0.717) is 17.2 Å². The maximum atomic E-state index is 12.4. The molecule has 1 heterocycles. The zero-order chi connectivity index (χ0) is 18.6. The molecule has 0 aliphatic rings. The molecule has 2 aromatic carbocycles. The number of sulfonamides is 1. The van der Waals surface area contributed by atoms with Gasteiger partial charge in [-0.05, 0) is 36.4 Å². The summed E-state index contributed by atoms with van der Waals surface area (Å²) in [6.07, 6.45) is -0.260. The van der Waals surface area contributed by atoms with Gasteiger partial charge in [-0.3, -0.25) is 9.52 Å². The van der Waals surface area contributed by atoms with Crippen LogP contribution in [-0.2, 0) is 21.2 Å². The molecule has 0 unspecified atom stereocenters. The first-order valence-electron chi connectivity index (χ1n) is 7.44. The quantitative estimate of drug-likeness (QED) is 0.641. The standard InChI is InChI=1S/C17H14N2O5S2/c20-16(21)10-12-11-25-17(18-12)19-26(22,23)15-8-6-14(7-9-15)24-13-4-2-1-3-5-13/h1-9,11H,10H2,(H,18,19)(H,20,21). The second-order valence-electron chi connectivity index (χ2n) is 5.21. The number of benzene rings is 2. The Kier molecular flexibility index (Phi) is 5.19. The van der Waals surface area contributed by atoms with E-state index in [1.54, 1.807) is 24.3 Å². The van der Waals surface area contributed by atoms with Crippen LogP contribution in [0.3, 0.4) is 0 Å². The summed E-state index contributed by atoms with van der Waals surface area (Å²) in [5.74, 6) is 0.127. The third-order valence-electron chi connectivity index (χ3n) is 3.22. The van der Waals surface area contributed by atoms with Crippen LogP contribution in [0.2, 0.25) is 0 Å². The van der Waals surface area contributed by atoms with Crippen LogP contribution in [0.1, 0.15) is 5.69 Å². The van der Waals surface area contributed by atoms with Gasteiger partial charge >= 0.3 is 5.97 Å². The molecule has 7 nitrogen and oxygen atoms in total. The van der Waals surface area contributed by atoms with Crippen molar-refractivity contribution in [2.45, 2.75) is 11.3 Å². The van der Waals surface area contributed by atoms with Crippen molar-refractivity contribution in [2.75, 3.05) is 4.72 Å². The largest absolute Gasteiger partial charge is 0.481 e. The maximum absolute atomic E-state index is 12.4. The molecule has 0 fully saturated rings. The van der Waals surface area contributed by atoms with Gasteiger partial charge in [-0.15, -0.1) is 11.3 Å². The number of anilines is 1. The summed E-state index contributed by atoms with van der Waals surface area (Å²) in [6, 6.07) is 15.1. The van der Waals surface area contributed by atoms with Gasteiger partial charge in [0.15, 0.2) is 5.13 Å². The normalized spacial score (nSPS) is 11.1. The minimum absolute atomic E-state index is 0.0490. The van der Waals surface area contributed by atoms with E-state index in [4.69, 9.17) is 9.84 Å². The molecule has 1 aromatic heterocycles. The number of rotatable bonds is 7. The molecular weight excluding hydrogens is 376 g/mol. The van der Waals surface area contributed by atoms with Gasteiger partial charge in [0.25, 0.3) is 10.0 Å². The number of hydrogen-bond donors (Lipinski definition) is 2. The molecule has 26 heavy (non-hydrogen) atoms. The number of para-hydroxylation sites is 1. The smallest absolute Gasteiger partial charge is 0.309 e. The average molecular weight is 390 g/mol. The molecule has 3 aromatic rings. The summed E-state index contributed by atoms with van der Waals surface area (Å²) >= 11 is 1.03. The van der Waals surface area contributed by atoms with Crippen LogP contribution in [0.15, 0.2) is 64.9 Å². The van der Waals surface area contributed by atoms with E-state index in [2.05, 4.69) is 9.71 Å². The first-order valence-corrected chi connectivity index (χ1v) is 9.81. The summed E-state index contributed by atoms with van der Waals surface area (Å²) in [5.41, 5.74) is 0.298. The maximum Gasteiger partial charge on any atom is 0.309 e. The summed E-state index contributed by atoms with van der Waals surface area (Å²) in [4.78, 5) is 14.7. The van der Waals surface area contributed by atoms with Crippen molar-refractivity contribution >= 4 is 32.5 Å². The number of carboxylic acids is 1. The van der Waals surface area contributed by atoms with Gasteiger partial charge in [0.05, 0.1) is 17.0 Å². The zero-order valence-electron chi connectivity index (χ0n) is 13.3. The Morgan fingerprint density at radius 1 is 1.08 bits per heavy atom. The van der Waals surface area contributed by atoms with Crippen LogP contribution in [-0.4, -0.2) is 24.5 Å². The summed E-state index contributed by atoms with van der Waals surface area (Å²) in [5, 5.41) is 10.4. The van der Waals surface area contributed by atoms with Gasteiger partial charge in [-0.25, -0.2) is 13.4 Å². The first-order chi connectivity index (χ1) is 12.4. The number of nitrogens with zero attached hydrogens (tertiary/aromatic N) is 1. The molecule has 0 amide bonds. The number of nitrogens with one attached hydrogen (secondary N) is 1. The number of ether oxygens (including phenoxy) is 1. The third-order valence-corrected chi connectivity index (χ3v) is 5.51. The summed E-state index contributed by atoms with van der Waals surface area (Å²) in [6.45, 7) is 0. The molecule has 134 valence electrons. The van der Waals surface area contributed by atoms with Crippen LogP contribution < -0.4 is 9.46 Å². The van der Waals surface area contributed by atoms with Crippen molar-refractivity contribution in [3.05, 3.63) is 65.7 Å². The van der Waals surface area contributed by atoms with E-state index in [1.165, 1.54) is 17.5 Å². The third kappa shape index (κ3) is 4.58. The molecule has 3 rings (SSSR count). The summed E-state index contributed by atoms with van der Waals surface area (Å²) in [7, 11) is -3.82. The van der Waals surface area contributed by atoms with Crippen molar-refractivity contribution in [3.8, 4) is 11.5 Å². The second kappa shape index (κ2) is 7.54. The van der Waals surface area contributed by atoms with E-state index in [9.17, 15) is 13.2 Å². The molecule has 9 heteroatoms. The Bertz CT molecular complexity index is 999. The van der Waals surface area contributed by atoms with E-state index in [0.717, 1.165) is 11.3 Å². The molecule has 0 aliphatic heterocycles. The Morgan fingerprint density at radius 3 is 2.38 bits per heavy atom. The Hall–Kier alpha value is -2.91. The SMILES string of the molecule is O=C(O)Cc1csc(NS(=O)(=O)c2ccc(Oc3ccccc3)cc2)n1. The van der Waals surface area contributed by atoms with Gasteiger partial charge < -0.3 is 9.84 Å². The van der Waals surface area contributed by atoms with Gasteiger partial charge in [-0.1, -0.05) is 18.2 Å². The van der Waals surface area contributed by atoms with E-state index in [1.807, 2.05) is 18.2 Å². The lowest BCUT2D eigenvalue weighted by Gasteiger charge is -2.08. The number of hydrogen-bond acceptors (Lipinski definition) is 6. The molecule has 0 saturated carbocycles. The van der Waals surface area contributed by atoms with Crippen LogP contribution >= 0.6 is 11.3 Å². The van der Waals surface area contributed by atoms with Gasteiger partial charge in [-0.2, -0.15) is 0 Å². The predicted octanol–water partition coefficient (Wildman–Crippen LogP) is 3.36. The Morgan fingerprint density at radius 2 is 1.73 bits per heavy atom. The molecule has 0 radical (unpaired) electrons. The number of aliphatic carboxylic acids is 1. The highest BCUT2D eigenvalue weighted by Gasteiger charge is 2.17. The monoisotopic (exact) mass is 390 g/mol. The Balaban J connectivity index is 1.71. The molecule has 0 atom stereocenters. The molecular formula is C17H14N2O5S2. The van der Waals surface area contributed by atoms with Gasteiger partial charge in [0.1, 0.15) is 11.5 Å². The van der Waals surface area contributed by atoms with Gasteiger partial charge in [0.2, 0.25) is 0 Å². The zero-order valence-corrected chi connectivity index (χ0v) is 15.0. The predicted molar refractivity (Wildman–Crippen MR) is 97.2 cm³/mol. The van der Waals surface area contributed by atoms with Crippen LogP contribution in [0, 0.1) is 0 Å². The van der Waals surface area contributed by atoms with Crippen LogP contribution in [0.25, 0.3) is 0 Å². The lowest BCUT2D eigenvalue weighted by molar-refractivity contribution is -0.136. The molecule has 0 bridgehead atoms. The van der Waals surface area contributed by atoms with Gasteiger partial charge in [0, 0.05) is 5.38 Å². The summed E-state index contributed by atoms with van der Waals surface area (Å²) < 4.78 is 32.8.